The van der Waals surface area contributed by atoms with Gasteiger partial charge in [-0.2, -0.15) is 0 Å². The maximum absolute atomic E-state index is 10.9. The molecule has 0 amide bonds. The van der Waals surface area contributed by atoms with Crippen molar-refractivity contribution in [3.8, 4) is 0 Å². The topological polar surface area (TPSA) is 67.4 Å². The Balaban J connectivity index is 1.88. The van der Waals surface area contributed by atoms with Crippen LogP contribution in [0.1, 0.15) is 17.2 Å². The number of benzene rings is 1. The van der Waals surface area contributed by atoms with Gasteiger partial charge in [0.15, 0.2) is 0 Å². The third-order valence-electron chi connectivity index (χ3n) is 2.85. The fourth-order valence-corrected chi connectivity index (χ4v) is 2.51. The summed E-state index contributed by atoms with van der Waals surface area (Å²) in [5, 5.41) is 3.30. The summed E-state index contributed by atoms with van der Waals surface area (Å²) >= 11 is 0. The van der Waals surface area contributed by atoms with E-state index >= 15 is 0 Å². The molecule has 5 nitrogen and oxygen atoms in total. The first-order chi connectivity index (χ1) is 8.56. The van der Waals surface area contributed by atoms with Gasteiger partial charge in [-0.1, -0.05) is 24.3 Å². The van der Waals surface area contributed by atoms with Gasteiger partial charge in [-0.3, -0.25) is 0 Å². The summed E-state index contributed by atoms with van der Waals surface area (Å²) in [5.74, 6) is 0. The van der Waals surface area contributed by atoms with Crippen molar-refractivity contribution in [3.63, 3.8) is 0 Å². The SMILES string of the molecule is CS(=O)(=O)NCCNC1COCc2ccccc21. The highest BCUT2D eigenvalue weighted by atomic mass is 32.2. The molecule has 0 aromatic heterocycles. The van der Waals surface area contributed by atoms with E-state index < -0.39 is 10.0 Å². The largest absolute Gasteiger partial charge is 0.375 e. The molecule has 1 unspecified atom stereocenters. The van der Waals surface area contributed by atoms with Gasteiger partial charge in [-0.15, -0.1) is 0 Å². The molecule has 0 radical (unpaired) electrons. The molecule has 0 aliphatic carbocycles. The molecule has 0 fully saturated rings. The maximum Gasteiger partial charge on any atom is 0.208 e. The first-order valence-electron chi connectivity index (χ1n) is 5.90. The van der Waals surface area contributed by atoms with E-state index in [1.807, 2.05) is 12.1 Å². The minimum absolute atomic E-state index is 0.135. The van der Waals surface area contributed by atoms with Crippen molar-refractivity contribution in [1.29, 1.82) is 0 Å². The molecule has 1 heterocycles. The molecule has 1 aliphatic rings. The lowest BCUT2D eigenvalue weighted by Crippen LogP contribution is -2.36. The molecule has 2 rings (SSSR count). The highest BCUT2D eigenvalue weighted by Crippen LogP contribution is 2.23. The van der Waals surface area contributed by atoms with Crippen molar-refractivity contribution in [3.05, 3.63) is 35.4 Å². The predicted octanol–water partition coefficient (Wildman–Crippen LogP) is 0.397. The number of hydrogen-bond donors (Lipinski definition) is 2. The Morgan fingerprint density at radius 1 is 1.33 bits per heavy atom. The van der Waals surface area contributed by atoms with Crippen LogP contribution in [0.15, 0.2) is 24.3 Å². The van der Waals surface area contributed by atoms with Crippen LogP contribution in [0.5, 0.6) is 0 Å². The van der Waals surface area contributed by atoms with Crippen LogP contribution in [0.3, 0.4) is 0 Å². The standard InChI is InChI=1S/C12H18N2O3S/c1-18(15,16)14-7-6-13-12-9-17-8-10-4-2-3-5-11(10)12/h2-5,12-14H,6-9H2,1H3. The smallest absolute Gasteiger partial charge is 0.208 e. The van der Waals surface area contributed by atoms with Crippen molar-refractivity contribution < 1.29 is 13.2 Å². The lowest BCUT2D eigenvalue weighted by atomic mass is 9.99. The molecule has 100 valence electrons. The number of ether oxygens (including phenoxy) is 1. The minimum atomic E-state index is -3.11. The summed E-state index contributed by atoms with van der Waals surface area (Å²) in [7, 11) is -3.11. The molecule has 2 N–H and O–H groups in total. The van der Waals surface area contributed by atoms with Crippen molar-refractivity contribution in [2.24, 2.45) is 0 Å². The normalized spacial score (nSPS) is 19.5. The Bertz CT molecular complexity index is 502. The Labute approximate surface area is 108 Å². The van der Waals surface area contributed by atoms with Gasteiger partial charge in [-0.05, 0) is 11.1 Å². The van der Waals surface area contributed by atoms with Gasteiger partial charge >= 0.3 is 0 Å². The van der Waals surface area contributed by atoms with Gasteiger partial charge in [0.05, 0.1) is 25.5 Å². The molecule has 0 saturated heterocycles. The number of hydrogen-bond acceptors (Lipinski definition) is 4. The van der Waals surface area contributed by atoms with Crippen LogP contribution in [-0.2, 0) is 21.4 Å². The van der Waals surface area contributed by atoms with Crippen LogP contribution in [-0.4, -0.2) is 34.4 Å². The van der Waals surface area contributed by atoms with Gasteiger partial charge in [0.1, 0.15) is 0 Å². The quantitative estimate of drug-likeness (QED) is 0.760. The van der Waals surface area contributed by atoms with Crippen LogP contribution >= 0.6 is 0 Å². The third-order valence-corrected chi connectivity index (χ3v) is 3.58. The van der Waals surface area contributed by atoms with Gasteiger partial charge in [0, 0.05) is 13.1 Å². The van der Waals surface area contributed by atoms with E-state index in [0.29, 0.717) is 26.3 Å². The zero-order valence-corrected chi connectivity index (χ0v) is 11.2. The van der Waals surface area contributed by atoms with E-state index in [1.165, 1.54) is 11.1 Å². The monoisotopic (exact) mass is 270 g/mol. The van der Waals surface area contributed by atoms with E-state index in [4.69, 9.17) is 4.74 Å². The predicted molar refractivity (Wildman–Crippen MR) is 69.7 cm³/mol. The average molecular weight is 270 g/mol. The van der Waals surface area contributed by atoms with Crippen LogP contribution in [0.25, 0.3) is 0 Å². The summed E-state index contributed by atoms with van der Waals surface area (Å²) in [4.78, 5) is 0. The maximum atomic E-state index is 10.9. The van der Waals surface area contributed by atoms with Gasteiger partial charge in [-0.25, -0.2) is 13.1 Å². The molecule has 6 heteroatoms. The average Bonchev–Trinajstić information content (AvgIpc) is 2.33. The second-order valence-electron chi connectivity index (χ2n) is 4.39. The second-order valence-corrected chi connectivity index (χ2v) is 6.22. The third kappa shape index (κ3) is 3.78. The zero-order chi connectivity index (χ0) is 13.0. The fraction of sp³-hybridized carbons (Fsp3) is 0.500. The Kier molecular flexibility index (Phi) is 4.34. The van der Waals surface area contributed by atoms with E-state index in [9.17, 15) is 8.42 Å². The molecule has 1 aromatic carbocycles. The minimum Gasteiger partial charge on any atom is -0.375 e. The van der Waals surface area contributed by atoms with Crippen molar-refractivity contribution >= 4 is 10.0 Å². The van der Waals surface area contributed by atoms with Crippen LogP contribution in [0.2, 0.25) is 0 Å². The van der Waals surface area contributed by atoms with Crippen LogP contribution in [0, 0.1) is 0 Å². The summed E-state index contributed by atoms with van der Waals surface area (Å²) < 4.78 is 29.8. The molecule has 0 bridgehead atoms. The van der Waals surface area contributed by atoms with E-state index in [0.717, 1.165) is 6.26 Å². The Morgan fingerprint density at radius 2 is 2.11 bits per heavy atom. The van der Waals surface area contributed by atoms with Crippen molar-refractivity contribution in [2.75, 3.05) is 26.0 Å². The molecule has 0 saturated carbocycles. The number of fused-ring (bicyclic) bond motifs is 1. The fourth-order valence-electron chi connectivity index (χ4n) is 2.03. The summed E-state index contributed by atoms with van der Waals surface area (Å²) in [5.41, 5.74) is 2.43. The van der Waals surface area contributed by atoms with Gasteiger partial charge in [0.25, 0.3) is 0 Å². The van der Waals surface area contributed by atoms with Gasteiger partial charge < -0.3 is 10.1 Å². The second kappa shape index (κ2) is 5.79. The lowest BCUT2D eigenvalue weighted by Gasteiger charge is -2.26. The number of sulfonamides is 1. The number of nitrogens with one attached hydrogen (secondary N) is 2. The molecular formula is C12H18N2O3S. The van der Waals surface area contributed by atoms with Crippen molar-refractivity contribution in [1.82, 2.24) is 10.0 Å². The first-order valence-corrected chi connectivity index (χ1v) is 7.79. The van der Waals surface area contributed by atoms with E-state index in [2.05, 4.69) is 22.2 Å². The van der Waals surface area contributed by atoms with Gasteiger partial charge in [0.2, 0.25) is 10.0 Å². The zero-order valence-electron chi connectivity index (χ0n) is 10.3. The first kappa shape index (κ1) is 13.5. The molecular weight excluding hydrogens is 252 g/mol. The van der Waals surface area contributed by atoms with E-state index in [-0.39, 0.29) is 6.04 Å². The van der Waals surface area contributed by atoms with E-state index in [1.54, 1.807) is 0 Å². The highest BCUT2D eigenvalue weighted by Gasteiger charge is 2.19. The highest BCUT2D eigenvalue weighted by molar-refractivity contribution is 7.88. The van der Waals surface area contributed by atoms with Crippen molar-refractivity contribution in [2.45, 2.75) is 12.6 Å². The molecule has 0 spiro atoms. The number of rotatable bonds is 5. The van der Waals surface area contributed by atoms with Crippen LogP contribution in [0.4, 0.5) is 0 Å². The molecule has 1 aliphatic heterocycles. The Morgan fingerprint density at radius 3 is 2.89 bits per heavy atom. The lowest BCUT2D eigenvalue weighted by molar-refractivity contribution is 0.0825. The summed E-state index contributed by atoms with van der Waals surface area (Å²) in [6, 6.07) is 8.28. The summed E-state index contributed by atoms with van der Waals surface area (Å²) in [6.45, 7) is 2.23. The molecule has 1 aromatic rings. The Hall–Kier alpha value is -0.950. The molecule has 18 heavy (non-hydrogen) atoms. The molecule has 1 atom stereocenters. The summed E-state index contributed by atoms with van der Waals surface area (Å²) in [6.07, 6.45) is 1.16. The van der Waals surface area contributed by atoms with Crippen LogP contribution < -0.4 is 10.0 Å².